The molecule has 0 saturated heterocycles. The van der Waals surface area contributed by atoms with Crippen molar-refractivity contribution < 1.29 is 0 Å². The van der Waals surface area contributed by atoms with Crippen molar-refractivity contribution in [2.45, 2.75) is 6.92 Å². The first-order chi connectivity index (χ1) is 7.92. The predicted octanol–water partition coefficient (Wildman–Crippen LogP) is 2.20. The first kappa shape index (κ1) is 10.7. The molecule has 0 aliphatic heterocycles. The van der Waals surface area contributed by atoms with Gasteiger partial charge in [-0.1, -0.05) is 30.9 Å². The van der Waals surface area contributed by atoms with E-state index in [4.69, 9.17) is 0 Å². The highest BCUT2D eigenvalue weighted by Crippen LogP contribution is 2.14. The smallest absolute Gasteiger partial charge is 0.0714 e. The molecule has 2 nitrogen and oxygen atoms in total. The molecule has 0 unspecified atom stereocenters. The van der Waals surface area contributed by atoms with Gasteiger partial charge >= 0.3 is 0 Å². The molecule has 1 N–H and O–H groups in total. The molecule has 2 rings (SSSR count). The van der Waals surface area contributed by atoms with Gasteiger partial charge in [-0.3, -0.25) is 4.98 Å². The molecule has 1 aromatic carbocycles. The number of benzene rings is 1. The van der Waals surface area contributed by atoms with Crippen molar-refractivity contribution in [1.29, 1.82) is 0 Å². The number of nitrogens with zero attached hydrogens (tertiary/aromatic N) is 1. The molecule has 0 saturated carbocycles. The molecule has 0 radical (unpaired) electrons. The van der Waals surface area contributed by atoms with Crippen molar-refractivity contribution in [2.24, 2.45) is 0 Å². The zero-order valence-corrected chi connectivity index (χ0v) is 9.33. The van der Waals surface area contributed by atoms with Crippen LogP contribution in [0.2, 0.25) is 0 Å². The molecule has 0 bridgehead atoms. The Morgan fingerprint density at radius 2 is 2.19 bits per heavy atom. The second-order valence-electron chi connectivity index (χ2n) is 3.46. The average molecular weight is 210 g/mol. The van der Waals surface area contributed by atoms with Crippen molar-refractivity contribution in [1.82, 2.24) is 10.3 Å². The van der Waals surface area contributed by atoms with Crippen LogP contribution in [-0.4, -0.2) is 18.1 Å². The molecule has 2 heteroatoms. The highest BCUT2D eigenvalue weighted by Gasteiger charge is 1.96. The zero-order chi connectivity index (χ0) is 11.2. The fraction of sp³-hybridized carbons (Fsp3) is 0.214. The van der Waals surface area contributed by atoms with E-state index in [0.717, 1.165) is 29.6 Å². The Morgan fingerprint density at radius 3 is 3.06 bits per heavy atom. The van der Waals surface area contributed by atoms with Gasteiger partial charge in [-0.15, -0.1) is 0 Å². The molecule has 0 aliphatic carbocycles. The molecule has 16 heavy (non-hydrogen) atoms. The number of aromatic nitrogens is 1. The van der Waals surface area contributed by atoms with Gasteiger partial charge in [-0.05, 0) is 24.7 Å². The van der Waals surface area contributed by atoms with Gasteiger partial charge in [0.1, 0.15) is 0 Å². The van der Waals surface area contributed by atoms with Crippen molar-refractivity contribution in [3.63, 3.8) is 0 Å². The Labute approximate surface area is 95.7 Å². The summed E-state index contributed by atoms with van der Waals surface area (Å²) in [4.78, 5) is 4.30. The van der Waals surface area contributed by atoms with E-state index in [1.165, 1.54) is 0 Å². The fourth-order valence-electron chi connectivity index (χ4n) is 1.54. The molecule has 0 fully saturated rings. The molecule has 80 valence electrons. The van der Waals surface area contributed by atoms with Crippen molar-refractivity contribution in [3.8, 4) is 11.8 Å². The predicted molar refractivity (Wildman–Crippen MR) is 67.2 cm³/mol. The highest BCUT2D eigenvalue weighted by atomic mass is 14.8. The number of nitrogens with one attached hydrogen (secondary N) is 1. The van der Waals surface area contributed by atoms with E-state index in [1.54, 1.807) is 6.20 Å². The van der Waals surface area contributed by atoms with Gasteiger partial charge in [0.15, 0.2) is 0 Å². The monoisotopic (exact) mass is 210 g/mol. The van der Waals surface area contributed by atoms with E-state index >= 15 is 0 Å². The molecule has 1 heterocycles. The van der Waals surface area contributed by atoms with Gasteiger partial charge in [-0.25, -0.2) is 0 Å². The third-order valence-corrected chi connectivity index (χ3v) is 2.33. The summed E-state index contributed by atoms with van der Waals surface area (Å²) in [5.41, 5.74) is 2.04. The van der Waals surface area contributed by atoms with Crippen LogP contribution in [0.4, 0.5) is 0 Å². The van der Waals surface area contributed by atoms with Crippen molar-refractivity contribution >= 4 is 10.9 Å². The molecule has 1 aromatic heterocycles. The normalized spacial score (nSPS) is 9.81. The third-order valence-electron chi connectivity index (χ3n) is 2.33. The number of rotatable bonds is 2. The highest BCUT2D eigenvalue weighted by molar-refractivity contribution is 5.84. The van der Waals surface area contributed by atoms with Crippen LogP contribution in [0.25, 0.3) is 10.9 Å². The minimum Gasteiger partial charge on any atom is -0.306 e. The molecule has 2 aromatic rings. The Bertz CT molecular complexity index is 530. The van der Waals surface area contributed by atoms with Gasteiger partial charge in [-0.2, -0.15) is 0 Å². The lowest BCUT2D eigenvalue weighted by Crippen LogP contribution is -2.11. The number of hydrogen-bond donors (Lipinski definition) is 1. The third kappa shape index (κ3) is 2.39. The average Bonchev–Trinajstić information content (AvgIpc) is 2.35. The SMILES string of the molecule is CCNCC#Cc1cccc2ncccc12. The Morgan fingerprint density at radius 1 is 1.25 bits per heavy atom. The second kappa shape index (κ2) is 5.29. The summed E-state index contributed by atoms with van der Waals surface area (Å²) in [7, 11) is 0. The topological polar surface area (TPSA) is 24.9 Å². The van der Waals surface area contributed by atoms with E-state index in [1.807, 2.05) is 24.3 Å². The maximum absolute atomic E-state index is 4.30. The number of fused-ring (bicyclic) bond motifs is 1. The lowest BCUT2D eigenvalue weighted by molar-refractivity contribution is 0.811. The van der Waals surface area contributed by atoms with Crippen LogP contribution in [0.15, 0.2) is 36.5 Å². The molecule has 0 amide bonds. The second-order valence-corrected chi connectivity index (χ2v) is 3.46. The summed E-state index contributed by atoms with van der Waals surface area (Å²) < 4.78 is 0. The largest absolute Gasteiger partial charge is 0.306 e. The number of hydrogen-bond acceptors (Lipinski definition) is 2. The van der Waals surface area contributed by atoms with Crippen molar-refractivity contribution in [2.75, 3.05) is 13.1 Å². The molecule has 0 atom stereocenters. The van der Waals surface area contributed by atoms with Crippen LogP contribution < -0.4 is 5.32 Å². The molecular formula is C14H14N2. The van der Waals surface area contributed by atoms with Gasteiger partial charge in [0.25, 0.3) is 0 Å². The Kier molecular flexibility index (Phi) is 3.53. The van der Waals surface area contributed by atoms with Crippen LogP contribution >= 0.6 is 0 Å². The zero-order valence-electron chi connectivity index (χ0n) is 9.33. The van der Waals surface area contributed by atoms with Crippen LogP contribution in [0.5, 0.6) is 0 Å². The summed E-state index contributed by atoms with van der Waals surface area (Å²) in [6.07, 6.45) is 1.80. The van der Waals surface area contributed by atoms with E-state index in [2.05, 4.69) is 35.1 Å². The van der Waals surface area contributed by atoms with Crippen LogP contribution in [0, 0.1) is 11.8 Å². The standard InChI is InChI=1S/C14H14N2/c1-2-15-10-4-7-12-6-3-9-14-13(12)8-5-11-16-14/h3,5-6,8-9,11,15H,2,10H2,1H3. The maximum atomic E-state index is 4.30. The van der Waals surface area contributed by atoms with Crippen LogP contribution in [0.1, 0.15) is 12.5 Å². The van der Waals surface area contributed by atoms with Gasteiger partial charge in [0.2, 0.25) is 0 Å². The summed E-state index contributed by atoms with van der Waals surface area (Å²) in [6, 6.07) is 10.0. The number of pyridine rings is 1. The van der Waals surface area contributed by atoms with Gasteiger partial charge in [0, 0.05) is 17.1 Å². The summed E-state index contributed by atoms with van der Waals surface area (Å²) in [5.74, 6) is 6.28. The molecule has 0 aliphatic rings. The van der Waals surface area contributed by atoms with Crippen molar-refractivity contribution in [3.05, 3.63) is 42.1 Å². The summed E-state index contributed by atoms with van der Waals surface area (Å²) in [6.45, 7) is 3.75. The molecule has 0 spiro atoms. The quantitative estimate of drug-likeness (QED) is 0.607. The first-order valence-electron chi connectivity index (χ1n) is 5.45. The Hall–Kier alpha value is -1.85. The lowest BCUT2D eigenvalue weighted by atomic mass is 10.1. The van der Waals surface area contributed by atoms with E-state index in [-0.39, 0.29) is 0 Å². The minimum absolute atomic E-state index is 0.729. The summed E-state index contributed by atoms with van der Waals surface area (Å²) in [5, 5.41) is 4.30. The maximum Gasteiger partial charge on any atom is 0.0714 e. The molecular weight excluding hydrogens is 196 g/mol. The van der Waals surface area contributed by atoms with Crippen LogP contribution in [0.3, 0.4) is 0 Å². The summed E-state index contributed by atoms with van der Waals surface area (Å²) >= 11 is 0. The minimum atomic E-state index is 0.729. The lowest BCUT2D eigenvalue weighted by Gasteiger charge is -1.98. The first-order valence-corrected chi connectivity index (χ1v) is 5.45. The van der Waals surface area contributed by atoms with Gasteiger partial charge < -0.3 is 5.32 Å². The van der Waals surface area contributed by atoms with E-state index in [9.17, 15) is 0 Å². The Balaban J connectivity index is 2.32. The van der Waals surface area contributed by atoms with Crippen LogP contribution in [-0.2, 0) is 0 Å². The van der Waals surface area contributed by atoms with E-state index < -0.39 is 0 Å². The fourth-order valence-corrected chi connectivity index (χ4v) is 1.54. The van der Waals surface area contributed by atoms with Gasteiger partial charge in [0.05, 0.1) is 12.1 Å². The van der Waals surface area contributed by atoms with E-state index in [0.29, 0.717) is 0 Å².